The molecule has 0 saturated carbocycles. The summed E-state index contributed by atoms with van der Waals surface area (Å²) >= 11 is 3.45. The molecule has 13 nitrogen and oxygen atoms in total. The van der Waals surface area contributed by atoms with Crippen molar-refractivity contribution in [1.29, 1.82) is 0 Å². The molecule has 0 fully saturated rings. The van der Waals surface area contributed by atoms with Crippen molar-refractivity contribution >= 4 is 51.5 Å². The fourth-order valence-corrected chi connectivity index (χ4v) is 4.44. The molecule has 47 heavy (non-hydrogen) atoms. The first-order valence-corrected chi connectivity index (χ1v) is 15.8. The maximum absolute atomic E-state index is 14.1. The molecule has 0 aliphatic rings. The summed E-state index contributed by atoms with van der Waals surface area (Å²) in [4.78, 5) is 60.0. The van der Waals surface area contributed by atoms with Crippen LogP contribution in [0.5, 0.6) is 17.2 Å². The summed E-state index contributed by atoms with van der Waals surface area (Å²) in [6.07, 6.45) is 4.82. The Labute approximate surface area is 282 Å². The number of ether oxygens (including phenoxy) is 5. The summed E-state index contributed by atoms with van der Waals surface area (Å²) in [5, 5.41) is 1.00. The third kappa shape index (κ3) is 17.7. The van der Waals surface area contributed by atoms with Gasteiger partial charge in [-0.05, 0) is 51.0 Å². The second-order valence-corrected chi connectivity index (χ2v) is 10.0. The molecule has 15 heteroatoms. The monoisotopic (exact) mass is 728 g/mol. The maximum atomic E-state index is 14.1. The molecule has 0 saturated heterocycles. The van der Waals surface area contributed by atoms with Crippen LogP contribution in [0.2, 0.25) is 0 Å². The number of nitrogens with zero attached hydrogens (tertiary/aromatic N) is 2. The van der Waals surface area contributed by atoms with Gasteiger partial charge in [-0.15, -0.1) is 0 Å². The van der Waals surface area contributed by atoms with Gasteiger partial charge in [-0.1, -0.05) is 28.8 Å². The van der Waals surface area contributed by atoms with E-state index in [2.05, 4.69) is 15.9 Å². The predicted octanol–water partition coefficient (Wildman–Crippen LogP) is 4.45. The van der Waals surface area contributed by atoms with E-state index in [-0.39, 0.29) is 50.3 Å². The van der Waals surface area contributed by atoms with Crippen molar-refractivity contribution in [3.8, 4) is 17.2 Å². The van der Waals surface area contributed by atoms with E-state index in [0.29, 0.717) is 42.6 Å². The van der Waals surface area contributed by atoms with Crippen molar-refractivity contribution in [2.24, 2.45) is 0 Å². The van der Waals surface area contributed by atoms with Crippen LogP contribution >= 0.6 is 15.9 Å². The SMILES string of the molecule is CCN(CC(=O)OC)c1ccc(F)cc1OCCOc1cc(OCCCCCCBr)ccc1N(CC)CC(=O)OC.O=C=O.O=C=O. The molecule has 0 amide bonds. The second-order valence-electron chi connectivity index (χ2n) is 9.24. The summed E-state index contributed by atoms with van der Waals surface area (Å²) < 4.78 is 41.7. The molecule has 260 valence electrons. The number of rotatable bonds is 20. The first-order chi connectivity index (χ1) is 22.7. The van der Waals surface area contributed by atoms with Gasteiger partial charge in [0.25, 0.3) is 0 Å². The van der Waals surface area contributed by atoms with Gasteiger partial charge in [0.05, 0.1) is 32.2 Å². The number of carbonyl (C=O) groups excluding carboxylic acids is 6. The third-order valence-corrected chi connectivity index (χ3v) is 6.85. The van der Waals surface area contributed by atoms with Crippen molar-refractivity contribution < 1.29 is 56.8 Å². The molecular weight excluding hydrogens is 687 g/mol. The summed E-state index contributed by atoms with van der Waals surface area (Å²) in [6.45, 7) is 5.76. The Balaban J connectivity index is 0.00000326. The standard InChI is InChI=1S/C30H42BrFN2O7.2CO2/c1-5-33(21-29(35)37-3)25-13-11-23(32)19-27(25)40-17-18-41-28-20-24(39-16-10-8-7-9-15-31)12-14-26(28)34(6-2)22-30(36)38-4;2*2-1-3/h11-14,19-20H,5-10,15-18,21-22H2,1-4H3;;. The molecule has 2 aromatic carbocycles. The van der Waals surface area contributed by atoms with E-state index in [9.17, 15) is 14.0 Å². The van der Waals surface area contributed by atoms with Gasteiger partial charge in [0.2, 0.25) is 0 Å². The molecule has 2 rings (SSSR count). The quantitative estimate of drug-likeness (QED) is 0.107. The molecular formula is C32H42BrFN2O11. The van der Waals surface area contributed by atoms with E-state index in [4.69, 9.17) is 42.9 Å². The maximum Gasteiger partial charge on any atom is 0.373 e. The minimum Gasteiger partial charge on any atom is -0.493 e. The Bertz CT molecular complexity index is 1260. The van der Waals surface area contributed by atoms with E-state index in [1.54, 1.807) is 17.0 Å². The van der Waals surface area contributed by atoms with E-state index in [0.717, 1.165) is 31.0 Å². The number of halogens is 2. The molecule has 0 atom stereocenters. The van der Waals surface area contributed by atoms with Gasteiger partial charge < -0.3 is 33.5 Å². The summed E-state index contributed by atoms with van der Waals surface area (Å²) in [5.74, 6) is 0.240. The Kier molecular flexibility index (Phi) is 24.2. The largest absolute Gasteiger partial charge is 0.493 e. The lowest BCUT2D eigenvalue weighted by Gasteiger charge is -2.25. The first-order valence-electron chi connectivity index (χ1n) is 14.7. The minimum absolute atomic E-state index is 0.00516. The topological polar surface area (TPSA) is 155 Å². The van der Waals surface area contributed by atoms with Crippen molar-refractivity contribution in [1.82, 2.24) is 0 Å². The fraction of sp³-hybridized carbons (Fsp3) is 0.500. The lowest BCUT2D eigenvalue weighted by molar-refractivity contribution is -0.193. The molecule has 0 radical (unpaired) electrons. The summed E-state index contributed by atoms with van der Waals surface area (Å²) in [7, 11) is 2.67. The number of esters is 2. The molecule has 2 aromatic rings. The summed E-state index contributed by atoms with van der Waals surface area (Å²) in [6, 6.07) is 9.69. The smallest absolute Gasteiger partial charge is 0.373 e. The van der Waals surface area contributed by atoms with Crippen molar-refractivity contribution in [2.75, 3.05) is 75.3 Å². The number of carbonyl (C=O) groups is 2. The molecule has 0 N–H and O–H groups in total. The van der Waals surface area contributed by atoms with E-state index in [1.807, 2.05) is 30.9 Å². The Morgan fingerprint density at radius 1 is 0.702 bits per heavy atom. The van der Waals surface area contributed by atoms with Gasteiger partial charge in [0.1, 0.15) is 49.4 Å². The highest BCUT2D eigenvalue weighted by atomic mass is 79.9. The number of unbranched alkanes of at least 4 members (excludes halogenated alkanes) is 3. The van der Waals surface area contributed by atoms with Crippen LogP contribution in [-0.4, -0.2) is 89.8 Å². The predicted molar refractivity (Wildman–Crippen MR) is 171 cm³/mol. The lowest BCUT2D eigenvalue weighted by atomic mass is 10.2. The lowest BCUT2D eigenvalue weighted by Crippen LogP contribution is -2.31. The van der Waals surface area contributed by atoms with Gasteiger partial charge in [0, 0.05) is 30.6 Å². The van der Waals surface area contributed by atoms with Crippen molar-refractivity contribution in [2.45, 2.75) is 39.5 Å². The number of hydrogen-bond acceptors (Lipinski definition) is 13. The normalized spacial score (nSPS) is 9.57. The zero-order chi connectivity index (χ0) is 35.5. The van der Waals surface area contributed by atoms with Gasteiger partial charge in [0.15, 0.2) is 0 Å². The van der Waals surface area contributed by atoms with Crippen LogP contribution in [0.25, 0.3) is 0 Å². The van der Waals surface area contributed by atoms with Crippen LogP contribution in [-0.2, 0) is 38.2 Å². The first kappa shape index (κ1) is 42.6. The number of methoxy groups -OCH3 is 2. The minimum atomic E-state index is -0.459. The number of benzene rings is 2. The fourth-order valence-electron chi connectivity index (χ4n) is 4.04. The molecule has 0 aliphatic heterocycles. The average molecular weight is 730 g/mol. The van der Waals surface area contributed by atoms with Crippen LogP contribution in [0.1, 0.15) is 39.5 Å². The zero-order valence-electron chi connectivity index (χ0n) is 27.1. The van der Waals surface area contributed by atoms with Crippen LogP contribution in [0.15, 0.2) is 36.4 Å². The van der Waals surface area contributed by atoms with E-state index in [1.165, 1.54) is 26.4 Å². The number of hydrogen-bond donors (Lipinski definition) is 0. The van der Waals surface area contributed by atoms with Gasteiger partial charge in [-0.25, -0.2) is 4.39 Å². The second kappa shape index (κ2) is 26.7. The molecule has 0 unspecified atom stereocenters. The Morgan fingerprint density at radius 3 is 1.64 bits per heavy atom. The van der Waals surface area contributed by atoms with Crippen LogP contribution in [0.3, 0.4) is 0 Å². The highest BCUT2D eigenvalue weighted by Crippen LogP contribution is 2.33. The molecule has 0 spiro atoms. The van der Waals surface area contributed by atoms with Crippen molar-refractivity contribution in [3.63, 3.8) is 0 Å². The van der Waals surface area contributed by atoms with Crippen molar-refractivity contribution in [3.05, 3.63) is 42.2 Å². The highest BCUT2D eigenvalue weighted by Gasteiger charge is 2.18. The zero-order valence-corrected chi connectivity index (χ0v) is 28.7. The Hall–Kier alpha value is -4.45. The molecule has 0 heterocycles. The molecule has 0 aromatic heterocycles. The van der Waals surface area contributed by atoms with Crippen LogP contribution < -0.4 is 24.0 Å². The average Bonchev–Trinajstić information content (AvgIpc) is 3.07. The van der Waals surface area contributed by atoms with Gasteiger partial charge >= 0.3 is 24.2 Å². The Morgan fingerprint density at radius 2 is 1.17 bits per heavy atom. The molecule has 0 bridgehead atoms. The molecule has 0 aliphatic carbocycles. The van der Waals surface area contributed by atoms with Crippen LogP contribution in [0.4, 0.5) is 15.8 Å². The highest BCUT2D eigenvalue weighted by molar-refractivity contribution is 9.09. The number of anilines is 2. The van der Waals surface area contributed by atoms with Gasteiger partial charge in [-0.3, -0.25) is 9.59 Å². The number of alkyl halides is 1. The van der Waals surface area contributed by atoms with Gasteiger partial charge in [-0.2, -0.15) is 19.2 Å². The summed E-state index contributed by atoms with van der Waals surface area (Å²) in [5.41, 5.74) is 1.28. The van der Waals surface area contributed by atoms with E-state index < -0.39 is 11.8 Å². The van der Waals surface area contributed by atoms with Crippen LogP contribution in [0, 0.1) is 5.82 Å². The number of likely N-dealkylation sites (N-methyl/N-ethyl adjacent to an activating group) is 2. The third-order valence-electron chi connectivity index (χ3n) is 6.29. The van der Waals surface area contributed by atoms with E-state index >= 15 is 0 Å².